The summed E-state index contributed by atoms with van der Waals surface area (Å²) in [7, 11) is 0. The van der Waals surface area contributed by atoms with Crippen LogP contribution in [0.2, 0.25) is 0 Å². The van der Waals surface area contributed by atoms with Gasteiger partial charge in [-0.1, -0.05) is 46.7 Å². The number of nitrogen functional groups attached to an aromatic ring is 1. The Bertz CT molecular complexity index is 1870. The first-order valence-corrected chi connectivity index (χ1v) is 12.7. The summed E-state index contributed by atoms with van der Waals surface area (Å²) in [6.45, 7) is 0.425. The molecule has 0 aliphatic carbocycles. The molecule has 0 aliphatic heterocycles. The number of benzene rings is 2. The predicted octanol–water partition coefficient (Wildman–Crippen LogP) is 3.74. The molecule has 6 aromatic rings. The van der Waals surface area contributed by atoms with Gasteiger partial charge >= 0.3 is 0 Å². The summed E-state index contributed by atoms with van der Waals surface area (Å²) in [4.78, 5) is 0. The van der Waals surface area contributed by atoms with Gasteiger partial charge in [0.05, 0.1) is 24.5 Å². The Balaban J connectivity index is 0.000000197. The van der Waals surface area contributed by atoms with Gasteiger partial charge in [-0.3, -0.25) is 14.8 Å². The van der Waals surface area contributed by atoms with E-state index in [1.807, 2.05) is 0 Å². The number of hydrazone groups is 1. The van der Waals surface area contributed by atoms with E-state index in [2.05, 4.69) is 25.6 Å². The predicted molar refractivity (Wildman–Crippen MR) is 160 cm³/mol. The fourth-order valence-electron chi connectivity index (χ4n) is 4.08. The first-order valence-electron chi connectivity index (χ1n) is 12.7. The van der Waals surface area contributed by atoms with Crippen molar-refractivity contribution >= 4 is 24.1 Å². The zero-order valence-electron chi connectivity index (χ0n) is 22.8. The van der Waals surface area contributed by atoms with Crippen LogP contribution in [-0.2, 0) is 13.1 Å². The smallest absolute Gasteiger partial charge is 0.170 e. The van der Waals surface area contributed by atoms with Gasteiger partial charge in [-0.25, -0.2) is 8.78 Å². The summed E-state index contributed by atoms with van der Waals surface area (Å²) in [6, 6.07) is 19.6. The Morgan fingerprint density at radius 2 is 1.20 bits per heavy atom. The summed E-state index contributed by atoms with van der Waals surface area (Å²) < 4.78 is 40.4. The minimum absolute atomic E-state index is 0. The van der Waals surface area contributed by atoms with E-state index in [1.54, 1.807) is 70.0 Å². The average molecular weight is 622 g/mol. The zero-order chi connectivity index (χ0) is 30.3. The molecule has 6 rings (SSSR count). The van der Waals surface area contributed by atoms with Crippen LogP contribution in [0.4, 0.5) is 8.78 Å². The highest BCUT2D eigenvalue weighted by molar-refractivity contribution is 5.96. The largest absolute Gasteiger partial charge is 0.382 e. The van der Waals surface area contributed by atoms with E-state index in [4.69, 9.17) is 31.8 Å². The number of halogens is 3. The molecule has 0 saturated carbocycles. The molecule has 0 aliphatic rings. The van der Waals surface area contributed by atoms with Crippen molar-refractivity contribution in [3.8, 4) is 22.8 Å². The third-order valence-electron chi connectivity index (χ3n) is 6.19. The highest BCUT2D eigenvalue weighted by Gasteiger charge is 2.17. The third kappa shape index (κ3) is 6.96. The Morgan fingerprint density at radius 3 is 1.61 bits per heavy atom. The minimum atomic E-state index is -0.316. The molecule has 0 saturated heterocycles. The normalized spacial score (nSPS) is 11.0. The number of rotatable bonds is 8. The monoisotopic (exact) mass is 621 g/mol. The van der Waals surface area contributed by atoms with E-state index < -0.39 is 0 Å². The van der Waals surface area contributed by atoms with E-state index in [1.165, 1.54) is 24.7 Å². The van der Waals surface area contributed by atoms with Gasteiger partial charge in [0.15, 0.2) is 5.84 Å². The van der Waals surface area contributed by atoms with Crippen LogP contribution in [0.3, 0.4) is 0 Å². The van der Waals surface area contributed by atoms with Gasteiger partial charge in [-0.2, -0.15) is 15.3 Å². The van der Waals surface area contributed by atoms with Crippen LogP contribution in [0, 0.1) is 17.0 Å². The Morgan fingerprint density at radius 1 is 0.750 bits per heavy atom. The molecular weight excluding hydrogens is 596 g/mol. The second-order valence-corrected chi connectivity index (χ2v) is 9.03. The maximum absolute atomic E-state index is 13.8. The Kier molecular flexibility index (Phi) is 9.82. The molecule has 7 N–H and O–H groups in total. The molecule has 0 spiro atoms. The van der Waals surface area contributed by atoms with Crippen molar-refractivity contribution in [3.63, 3.8) is 0 Å². The molecule has 4 heterocycles. The first-order chi connectivity index (χ1) is 20.8. The van der Waals surface area contributed by atoms with Crippen molar-refractivity contribution in [2.75, 3.05) is 0 Å². The highest BCUT2D eigenvalue weighted by atomic mass is 35.5. The molecule has 2 aromatic carbocycles. The molecule has 0 atom stereocenters. The van der Waals surface area contributed by atoms with Gasteiger partial charge in [-0.05, 0) is 24.3 Å². The fourth-order valence-corrected chi connectivity index (χ4v) is 4.08. The number of nitrogens with two attached hydrogens (primary N) is 3. The molecule has 13 nitrogen and oxygen atoms in total. The van der Waals surface area contributed by atoms with Crippen LogP contribution in [0.15, 0.2) is 99.5 Å². The Labute approximate surface area is 254 Å². The van der Waals surface area contributed by atoms with Crippen LogP contribution in [0.1, 0.15) is 22.5 Å². The van der Waals surface area contributed by atoms with Gasteiger partial charge in [-0.15, -0.1) is 12.4 Å². The lowest BCUT2D eigenvalue weighted by Crippen LogP contribution is -2.17. The summed E-state index contributed by atoms with van der Waals surface area (Å²) >= 11 is 0. The molecular formula is C28H26ClF2N11O2. The minimum Gasteiger partial charge on any atom is -0.382 e. The number of aromatic nitrogens is 6. The van der Waals surface area contributed by atoms with Crippen molar-refractivity contribution in [2.24, 2.45) is 22.4 Å². The maximum Gasteiger partial charge on any atom is 0.170 e. The SMILES string of the molecule is Cl.N=C(N)c1cc(-c2ccon2)n(Cc2ccccc2F)n1.NN=C(N)c1cc(-c2ccon2)n(Cc2ccccc2F)n1. The Hall–Kier alpha value is -5.83. The van der Waals surface area contributed by atoms with E-state index in [0.29, 0.717) is 45.3 Å². The van der Waals surface area contributed by atoms with Crippen LogP contribution >= 0.6 is 12.4 Å². The number of hydrogen-bond donors (Lipinski definition) is 4. The zero-order valence-corrected chi connectivity index (χ0v) is 23.7. The van der Waals surface area contributed by atoms with Gasteiger partial charge < -0.3 is 26.4 Å². The summed E-state index contributed by atoms with van der Waals surface area (Å²) in [5.41, 5.74) is 15.2. The fraction of sp³-hybridized carbons (Fsp3) is 0.0714. The third-order valence-corrected chi connectivity index (χ3v) is 6.19. The van der Waals surface area contributed by atoms with Crippen LogP contribution in [0.5, 0.6) is 0 Å². The molecule has 0 radical (unpaired) electrons. The first kappa shape index (κ1) is 31.1. The number of amidine groups is 2. The maximum atomic E-state index is 13.8. The van der Waals surface area contributed by atoms with Crippen LogP contribution < -0.4 is 17.3 Å². The average Bonchev–Trinajstić information content (AvgIpc) is 3.82. The van der Waals surface area contributed by atoms with Crippen molar-refractivity contribution in [3.05, 3.63) is 119 Å². The molecule has 16 heteroatoms. The standard InChI is InChI=1S/C14H13FN6O.C14H12FN5O.ClH/c15-10-4-2-1-3-9(10)8-21-13(11-5-6-22-20-11)7-12(19-21)14(16)18-17;15-10-4-2-1-3-9(10)8-20-13(11-5-6-21-19-11)7-12(18-20)14(16)17;/h1-7H,8,17H2,(H2,16,18);1-7H,8H2,(H3,16,17);1H. The molecule has 4 aromatic heterocycles. The second kappa shape index (κ2) is 13.9. The van der Waals surface area contributed by atoms with E-state index in [0.717, 1.165) is 0 Å². The molecule has 0 amide bonds. The second-order valence-electron chi connectivity index (χ2n) is 9.03. The quantitative estimate of drug-likeness (QED) is 0.0845. The molecule has 226 valence electrons. The summed E-state index contributed by atoms with van der Waals surface area (Å²) in [5.74, 6) is 4.47. The van der Waals surface area contributed by atoms with Gasteiger partial charge in [0, 0.05) is 23.3 Å². The number of nitrogens with one attached hydrogen (secondary N) is 1. The molecule has 0 unspecified atom stereocenters. The van der Waals surface area contributed by atoms with Gasteiger partial charge in [0.2, 0.25) is 0 Å². The highest BCUT2D eigenvalue weighted by Crippen LogP contribution is 2.22. The molecule has 0 bridgehead atoms. The van der Waals surface area contributed by atoms with Crippen molar-refractivity contribution < 1.29 is 17.8 Å². The number of nitrogens with zero attached hydrogens (tertiary/aromatic N) is 7. The van der Waals surface area contributed by atoms with Crippen molar-refractivity contribution in [2.45, 2.75) is 13.1 Å². The number of hydrogen-bond acceptors (Lipinski definition) is 9. The van der Waals surface area contributed by atoms with Crippen molar-refractivity contribution in [1.82, 2.24) is 29.9 Å². The molecule has 0 fully saturated rings. The van der Waals surface area contributed by atoms with E-state index in [-0.39, 0.29) is 48.8 Å². The summed E-state index contributed by atoms with van der Waals surface area (Å²) in [5, 5.41) is 27.1. The van der Waals surface area contributed by atoms with Gasteiger partial charge in [0.25, 0.3) is 0 Å². The molecule has 44 heavy (non-hydrogen) atoms. The topological polar surface area (TPSA) is 202 Å². The van der Waals surface area contributed by atoms with E-state index >= 15 is 0 Å². The van der Waals surface area contributed by atoms with Crippen LogP contribution in [0.25, 0.3) is 22.8 Å². The van der Waals surface area contributed by atoms with Crippen molar-refractivity contribution in [1.29, 1.82) is 5.41 Å². The van der Waals surface area contributed by atoms with Gasteiger partial charge in [0.1, 0.15) is 52.8 Å². The lowest BCUT2D eigenvalue weighted by Gasteiger charge is -2.06. The summed E-state index contributed by atoms with van der Waals surface area (Å²) in [6.07, 6.45) is 2.87. The van der Waals surface area contributed by atoms with Crippen LogP contribution in [-0.4, -0.2) is 41.5 Å². The lowest BCUT2D eigenvalue weighted by atomic mass is 10.2. The lowest BCUT2D eigenvalue weighted by molar-refractivity contribution is 0.421. The van der Waals surface area contributed by atoms with E-state index in [9.17, 15) is 8.78 Å².